The lowest BCUT2D eigenvalue weighted by molar-refractivity contribution is 0.0953. The molecule has 0 unspecified atom stereocenters. The van der Waals surface area contributed by atoms with Crippen LogP contribution in [0.15, 0.2) is 58.3 Å². The average Bonchev–Trinajstić information content (AvgIpc) is 3.43. The van der Waals surface area contributed by atoms with Crippen LogP contribution in [0, 0.1) is 13.8 Å². The molecular formula is C24H24N4O2S. The Labute approximate surface area is 185 Å². The first-order valence-electron chi connectivity index (χ1n) is 10.3. The van der Waals surface area contributed by atoms with Gasteiger partial charge in [-0.3, -0.25) is 4.79 Å². The molecule has 4 aromatic rings. The predicted octanol–water partition coefficient (Wildman–Crippen LogP) is 5.23. The summed E-state index contributed by atoms with van der Waals surface area (Å²) < 4.78 is 5.84. The van der Waals surface area contributed by atoms with Gasteiger partial charge in [0.05, 0.1) is 5.01 Å². The third-order valence-electron chi connectivity index (χ3n) is 4.96. The molecule has 2 aromatic carbocycles. The molecule has 0 saturated carbocycles. The highest BCUT2D eigenvalue weighted by Gasteiger charge is 2.13. The number of carbonyl (C=O) groups is 1. The number of carbonyl (C=O) groups excluding carboxylic acids is 1. The summed E-state index contributed by atoms with van der Waals surface area (Å²) in [7, 11) is 0. The summed E-state index contributed by atoms with van der Waals surface area (Å²) in [4.78, 5) is 16.8. The number of aryl methyl sites for hydroxylation is 3. The molecule has 0 bridgehead atoms. The number of rotatable bonds is 8. The van der Waals surface area contributed by atoms with E-state index < -0.39 is 0 Å². The zero-order valence-corrected chi connectivity index (χ0v) is 18.4. The second-order valence-electron chi connectivity index (χ2n) is 7.40. The number of hydrogen-bond donors (Lipinski definition) is 1. The molecule has 0 radical (unpaired) electrons. The van der Waals surface area contributed by atoms with Gasteiger partial charge >= 0.3 is 0 Å². The summed E-state index contributed by atoms with van der Waals surface area (Å²) >= 11 is 1.70. The Morgan fingerprint density at radius 3 is 2.52 bits per heavy atom. The largest absolute Gasteiger partial charge is 0.416 e. The van der Waals surface area contributed by atoms with Crippen molar-refractivity contribution in [2.45, 2.75) is 33.1 Å². The molecule has 7 heteroatoms. The Hall–Kier alpha value is -3.32. The van der Waals surface area contributed by atoms with Crippen LogP contribution in [0.2, 0.25) is 0 Å². The van der Waals surface area contributed by atoms with Gasteiger partial charge < -0.3 is 9.73 Å². The summed E-state index contributed by atoms with van der Waals surface area (Å²) in [6.07, 6.45) is 2.89. The minimum absolute atomic E-state index is 0.0808. The summed E-state index contributed by atoms with van der Waals surface area (Å²) in [5.74, 6) is 0.841. The molecule has 0 aliphatic rings. The van der Waals surface area contributed by atoms with E-state index in [2.05, 4.69) is 25.9 Å². The standard InChI is InChI=1S/C24H24N4O2S/c1-16-7-3-4-8-20(16)24-28-27-23(30-24)19-12-10-18(11-13-19)22(29)25-14-6-5-9-21-26-17(2)15-31-21/h3-4,7-8,10-13,15H,5-6,9,14H2,1-2H3,(H,25,29). The molecule has 0 aliphatic carbocycles. The van der Waals surface area contributed by atoms with Crippen LogP contribution < -0.4 is 5.32 Å². The van der Waals surface area contributed by atoms with E-state index in [1.165, 1.54) is 0 Å². The van der Waals surface area contributed by atoms with E-state index in [4.69, 9.17) is 4.42 Å². The smallest absolute Gasteiger partial charge is 0.251 e. The van der Waals surface area contributed by atoms with E-state index in [1.807, 2.05) is 50.2 Å². The Balaban J connectivity index is 1.30. The fourth-order valence-corrected chi connectivity index (χ4v) is 4.07. The monoisotopic (exact) mass is 432 g/mol. The van der Waals surface area contributed by atoms with Crippen molar-refractivity contribution >= 4 is 17.2 Å². The zero-order valence-electron chi connectivity index (χ0n) is 17.6. The van der Waals surface area contributed by atoms with Crippen molar-refractivity contribution in [3.8, 4) is 22.9 Å². The molecule has 0 aliphatic heterocycles. The summed E-state index contributed by atoms with van der Waals surface area (Å²) in [5.41, 5.74) is 4.46. The molecular weight excluding hydrogens is 408 g/mol. The maximum absolute atomic E-state index is 12.4. The normalized spacial score (nSPS) is 10.9. The first-order chi connectivity index (χ1) is 15.1. The first kappa shape index (κ1) is 20.9. The second-order valence-corrected chi connectivity index (χ2v) is 8.34. The number of nitrogens with one attached hydrogen (secondary N) is 1. The van der Waals surface area contributed by atoms with Crippen molar-refractivity contribution in [2.24, 2.45) is 0 Å². The molecule has 2 heterocycles. The number of thiazole rings is 1. The molecule has 0 spiro atoms. The van der Waals surface area contributed by atoms with Crippen molar-refractivity contribution < 1.29 is 9.21 Å². The van der Waals surface area contributed by atoms with Crippen LogP contribution in [0.1, 0.15) is 39.5 Å². The number of nitrogens with zero attached hydrogens (tertiary/aromatic N) is 3. The van der Waals surface area contributed by atoms with Crippen molar-refractivity contribution in [3.05, 3.63) is 75.7 Å². The van der Waals surface area contributed by atoms with Crippen LogP contribution >= 0.6 is 11.3 Å². The molecule has 0 atom stereocenters. The van der Waals surface area contributed by atoms with Crippen LogP contribution in [0.5, 0.6) is 0 Å². The van der Waals surface area contributed by atoms with Gasteiger partial charge in [0.2, 0.25) is 11.8 Å². The highest BCUT2D eigenvalue weighted by Crippen LogP contribution is 2.26. The second kappa shape index (κ2) is 9.66. The molecule has 31 heavy (non-hydrogen) atoms. The Bertz CT molecular complexity index is 1160. The molecule has 1 amide bonds. The van der Waals surface area contributed by atoms with E-state index in [9.17, 15) is 4.79 Å². The van der Waals surface area contributed by atoms with E-state index in [1.54, 1.807) is 23.5 Å². The molecule has 2 aromatic heterocycles. The minimum atomic E-state index is -0.0808. The maximum Gasteiger partial charge on any atom is 0.251 e. The van der Waals surface area contributed by atoms with Gasteiger partial charge in [0.15, 0.2) is 0 Å². The Morgan fingerprint density at radius 2 is 1.77 bits per heavy atom. The van der Waals surface area contributed by atoms with Gasteiger partial charge in [0.1, 0.15) is 0 Å². The summed E-state index contributed by atoms with van der Waals surface area (Å²) in [6, 6.07) is 15.1. The van der Waals surface area contributed by atoms with Crippen molar-refractivity contribution in [3.63, 3.8) is 0 Å². The Morgan fingerprint density at radius 1 is 1.00 bits per heavy atom. The summed E-state index contributed by atoms with van der Waals surface area (Å²) in [5, 5.41) is 14.5. The molecule has 6 nitrogen and oxygen atoms in total. The predicted molar refractivity (Wildman–Crippen MR) is 122 cm³/mol. The molecule has 158 valence electrons. The van der Waals surface area contributed by atoms with Crippen LogP contribution in [0.4, 0.5) is 0 Å². The number of amides is 1. The van der Waals surface area contributed by atoms with Crippen LogP contribution in [0.3, 0.4) is 0 Å². The van der Waals surface area contributed by atoms with Gasteiger partial charge in [-0.15, -0.1) is 21.5 Å². The van der Waals surface area contributed by atoms with Gasteiger partial charge in [0, 0.05) is 34.3 Å². The lowest BCUT2D eigenvalue weighted by Crippen LogP contribution is -2.24. The zero-order chi connectivity index (χ0) is 21.6. The SMILES string of the molecule is Cc1csc(CCCCNC(=O)c2ccc(-c3nnc(-c4ccccc4C)o3)cc2)n1. The topological polar surface area (TPSA) is 80.9 Å². The molecule has 1 N–H and O–H groups in total. The maximum atomic E-state index is 12.4. The fourth-order valence-electron chi connectivity index (χ4n) is 3.25. The highest BCUT2D eigenvalue weighted by atomic mass is 32.1. The van der Waals surface area contributed by atoms with Crippen molar-refractivity contribution in [1.29, 1.82) is 0 Å². The third kappa shape index (κ3) is 5.24. The van der Waals surface area contributed by atoms with Gasteiger partial charge in [-0.2, -0.15) is 0 Å². The van der Waals surface area contributed by atoms with Crippen LogP contribution in [0.25, 0.3) is 22.9 Å². The quantitative estimate of drug-likeness (QED) is 0.386. The van der Waals surface area contributed by atoms with E-state index in [-0.39, 0.29) is 5.91 Å². The first-order valence-corrected chi connectivity index (χ1v) is 11.2. The van der Waals surface area contributed by atoms with Crippen LogP contribution in [-0.4, -0.2) is 27.6 Å². The van der Waals surface area contributed by atoms with E-state index in [0.29, 0.717) is 23.9 Å². The van der Waals surface area contributed by atoms with Gasteiger partial charge in [-0.25, -0.2) is 4.98 Å². The molecule has 4 rings (SSSR count). The summed E-state index contributed by atoms with van der Waals surface area (Å²) in [6.45, 7) is 4.66. The van der Waals surface area contributed by atoms with Gasteiger partial charge in [0.25, 0.3) is 5.91 Å². The highest BCUT2D eigenvalue weighted by molar-refractivity contribution is 7.09. The van der Waals surface area contributed by atoms with E-state index in [0.717, 1.165) is 46.7 Å². The van der Waals surface area contributed by atoms with Gasteiger partial charge in [-0.05, 0) is 69.0 Å². The fraction of sp³-hybridized carbons (Fsp3) is 0.250. The lowest BCUT2D eigenvalue weighted by Gasteiger charge is -2.05. The third-order valence-corrected chi connectivity index (χ3v) is 5.99. The van der Waals surface area contributed by atoms with Crippen molar-refractivity contribution in [2.75, 3.05) is 6.54 Å². The number of aromatic nitrogens is 3. The van der Waals surface area contributed by atoms with Crippen LogP contribution in [-0.2, 0) is 6.42 Å². The van der Waals surface area contributed by atoms with E-state index >= 15 is 0 Å². The number of benzene rings is 2. The molecule has 0 saturated heterocycles. The minimum Gasteiger partial charge on any atom is -0.416 e. The van der Waals surface area contributed by atoms with Gasteiger partial charge in [-0.1, -0.05) is 18.2 Å². The average molecular weight is 433 g/mol. The Kier molecular flexibility index (Phi) is 6.52. The van der Waals surface area contributed by atoms with Crippen molar-refractivity contribution in [1.82, 2.24) is 20.5 Å². The number of unbranched alkanes of at least 4 members (excludes halogenated alkanes) is 1. The lowest BCUT2D eigenvalue weighted by atomic mass is 10.1. The number of hydrogen-bond acceptors (Lipinski definition) is 6. The molecule has 0 fully saturated rings.